The standard InChI is InChI=1S/C27H31Cl2N7O2S/c1-17(2)19-7-3-5-9-22(19)34-27(39)33-14-13-32-25(37)16-36(31)35-26(30)20-8-4-6-10-23(20)38-24-12-11-18(28)15-21(24)29/h3-12,15,17H,13-14,16,31H2,1-2H3,(H2,30,35)(H,32,37)(H2,33,34,39). The molecule has 9 nitrogen and oxygen atoms in total. The van der Waals surface area contributed by atoms with Crippen molar-refractivity contribution in [2.45, 2.75) is 19.8 Å². The first-order valence-corrected chi connectivity index (χ1v) is 13.3. The minimum absolute atomic E-state index is 0.0609. The first kappa shape index (κ1) is 30.0. The van der Waals surface area contributed by atoms with E-state index in [0.717, 1.165) is 10.8 Å². The van der Waals surface area contributed by atoms with Gasteiger partial charge in [0, 0.05) is 23.8 Å². The number of hydrogen-bond acceptors (Lipinski definition) is 6. The van der Waals surface area contributed by atoms with Crippen molar-refractivity contribution in [1.82, 2.24) is 15.8 Å². The lowest BCUT2D eigenvalue weighted by molar-refractivity contribution is -0.122. The average Bonchev–Trinajstić information content (AvgIpc) is 2.88. The van der Waals surface area contributed by atoms with Crippen molar-refractivity contribution in [3.8, 4) is 11.5 Å². The molecule has 0 bridgehead atoms. The zero-order chi connectivity index (χ0) is 28.4. The van der Waals surface area contributed by atoms with Crippen molar-refractivity contribution in [3.63, 3.8) is 0 Å². The summed E-state index contributed by atoms with van der Waals surface area (Å²) in [5.41, 5.74) is 8.76. The van der Waals surface area contributed by atoms with E-state index in [4.69, 9.17) is 51.7 Å². The molecule has 0 radical (unpaired) electrons. The summed E-state index contributed by atoms with van der Waals surface area (Å²) < 4.78 is 5.91. The van der Waals surface area contributed by atoms with Gasteiger partial charge in [-0.1, -0.05) is 67.4 Å². The number of nitrogens with zero attached hydrogens (tertiary/aromatic N) is 2. The SMILES string of the molecule is CC(C)c1ccccc1NC(=S)NCCNC(=O)CN(N)/N=C(\N)c1ccccc1Oc1ccc(Cl)cc1Cl. The zero-order valence-corrected chi connectivity index (χ0v) is 23.9. The number of anilines is 1. The number of halogens is 2. The third-order valence-electron chi connectivity index (χ3n) is 5.38. The van der Waals surface area contributed by atoms with E-state index >= 15 is 0 Å². The quantitative estimate of drug-likeness (QED) is 0.0539. The number of nitrogens with one attached hydrogen (secondary N) is 3. The van der Waals surface area contributed by atoms with Gasteiger partial charge in [0.2, 0.25) is 5.91 Å². The lowest BCUT2D eigenvalue weighted by atomic mass is 10.0. The Morgan fingerprint density at radius 1 is 1.03 bits per heavy atom. The molecule has 0 atom stereocenters. The Labute approximate surface area is 243 Å². The Morgan fingerprint density at radius 3 is 2.46 bits per heavy atom. The molecule has 0 spiro atoms. The molecule has 0 aliphatic rings. The Morgan fingerprint density at radius 2 is 1.72 bits per heavy atom. The van der Waals surface area contributed by atoms with Gasteiger partial charge in [-0.25, -0.2) is 11.0 Å². The molecular formula is C27H31Cl2N7O2S. The summed E-state index contributed by atoms with van der Waals surface area (Å²) in [7, 11) is 0. The lowest BCUT2D eigenvalue weighted by Gasteiger charge is -2.17. The highest BCUT2D eigenvalue weighted by molar-refractivity contribution is 7.80. The van der Waals surface area contributed by atoms with Crippen LogP contribution in [0.2, 0.25) is 10.0 Å². The molecule has 0 fully saturated rings. The van der Waals surface area contributed by atoms with Crippen LogP contribution in [0, 0.1) is 0 Å². The van der Waals surface area contributed by atoms with Crippen molar-refractivity contribution in [2.75, 3.05) is 25.0 Å². The van der Waals surface area contributed by atoms with Crippen molar-refractivity contribution >= 4 is 58.0 Å². The molecule has 0 aliphatic heterocycles. The van der Waals surface area contributed by atoms with Gasteiger partial charge in [0.1, 0.15) is 18.0 Å². The molecule has 0 aliphatic carbocycles. The van der Waals surface area contributed by atoms with Crippen LogP contribution in [0.4, 0.5) is 5.69 Å². The van der Waals surface area contributed by atoms with E-state index in [-0.39, 0.29) is 18.3 Å². The van der Waals surface area contributed by atoms with Gasteiger partial charge in [-0.15, -0.1) is 5.10 Å². The summed E-state index contributed by atoms with van der Waals surface area (Å²) in [5, 5.41) is 15.4. The van der Waals surface area contributed by atoms with Crippen molar-refractivity contribution in [3.05, 3.63) is 87.9 Å². The summed E-state index contributed by atoms with van der Waals surface area (Å²) in [6.45, 7) is 4.79. The number of amidine groups is 1. The van der Waals surface area contributed by atoms with Crippen molar-refractivity contribution in [1.29, 1.82) is 0 Å². The van der Waals surface area contributed by atoms with Gasteiger partial charge in [0.05, 0.1) is 10.6 Å². The van der Waals surface area contributed by atoms with Crippen LogP contribution in [0.3, 0.4) is 0 Å². The molecule has 7 N–H and O–H groups in total. The number of benzene rings is 3. The maximum absolute atomic E-state index is 12.3. The second kappa shape index (κ2) is 14.5. The molecule has 3 aromatic carbocycles. The first-order chi connectivity index (χ1) is 18.6. The van der Waals surface area contributed by atoms with E-state index < -0.39 is 0 Å². The average molecular weight is 589 g/mol. The zero-order valence-electron chi connectivity index (χ0n) is 21.6. The van der Waals surface area contributed by atoms with Gasteiger partial charge in [-0.3, -0.25) is 4.79 Å². The van der Waals surface area contributed by atoms with Crippen LogP contribution in [-0.2, 0) is 4.79 Å². The third kappa shape index (κ3) is 9.29. The number of amides is 1. The van der Waals surface area contributed by atoms with E-state index in [1.807, 2.05) is 18.2 Å². The predicted octanol–water partition coefficient (Wildman–Crippen LogP) is 4.81. The maximum atomic E-state index is 12.3. The summed E-state index contributed by atoms with van der Waals surface area (Å²) in [6.07, 6.45) is 0. The minimum Gasteiger partial charge on any atom is -0.455 e. The number of carbonyl (C=O) groups excluding carboxylic acids is 1. The number of rotatable bonds is 11. The molecule has 206 valence electrons. The summed E-state index contributed by atoms with van der Waals surface area (Å²) in [6, 6.07) is 19.8. The van der Waals surface area contributed by atoms with Gasteiger partial charge in [0.25, 0.3) is 0 Å². The smallest absolute Gasteiger partial charge is 0.243 e. The minimum atomic E-state index is -0.336. The van der Waals surface area contributed by atoms with E-state index in [1.54, 1.807) is 42.5 Å². The van der Waals surface area contributed by atoms with Gasteiger partial charge >= 0.3 is 0 Å². The van der Waals surface area contributed by atoms with Crippen molar-refractivity contribution in [2.24, 2.45) is 16.7 Å². The molecular weight excluding hydrogens is 557 g/mol. The summed E-state index contributed by atoms with van der Waals surface area (Å²) in [4.78, 5) is 12.3. The molecule has 0 unspecified atom stereocenters. The van der Waals surface area contributed by atoms with E-state index in [2.05, 4.69) is 41.0 Å². The molecule has 12 heteroatoms. The Hall–Kier alpha value is -3.57. The van der Waals surface area contributed by atoms with Crippen LogP contribution in [0.15, 0.2) is 71.8 Å². The molecule has 3 aromatic rings. The summed E-state index contributed by atoms with van der Waals surface area (Å²) >= 11 is 17.5. The van der Waals surface area contributed by atoms with Crippen LogP contribution in [0.5, 0.6) is 11.5 Å². The predicted molar refractivity (Wildman–Crippen MR) is 162 cm³/mol. The van der Waals surface area contributed by atoms with Gasteiger partial charge < -0.3 is 26.4 Å². The highest BCUT2D eigenvalue weighted by Crippen LogP contribution is 2.33. The van der Waals surface area contributed by atoms with Crippen LogP contribution in [-0.4, -0.2) is 41.6 Å². The Balaban J connectivity index is 1.48. The summed E-state index contributed by atoms with van der Waals surface area (Å²) in [5.74, 6) is 6.81. The number of thiocarbonyl (C=S) groups is 1. The van der Waals surface area contributed by atoms with Gasteiger partial charge in [0.15, 0.2) is 10.9 Å². The second-order valence-corrected chi connectivity index (χ2v) is 9.98. The van der Waals surface area contributed by atoms with Crippen LogP contribution >= 0.6 is 35.4 Å². The third-order valence-corrected chi connectivity index (χ3v) is 6.16. The number of hydrazone groups is 1. The lowest BCUT2D eigenvalue weighted by Crippen LogP contribution is -2.42. The number of para-hydroxylation sites is 2. The van der Waals surface area contributed by atoms with Crippen LogP contribution in [0.1, 0.15) is 30.9 Å². The molecule has 0 aromatic heterocycles. The van der Waals surface area contributed by atoms with Crippen LogP contribution < -0.4 is 32.3 Å². The fraction of sp³-hybridized carbons (Fsp3) is 0.222. The van der Waals surface area contributed by atoms with E-state index in [1.165, 1.54) is 5.56 Å². The monoisotopic (exact) mass is 587 g/mol. The second-order valence-electron chi connectivity index (χ2n) is 8.73. The van der Waals surface area contributed by atoms with E-state index in [0.29, 0.717) is 51.2 Å². The van der Waals surface area contributed by atoms with E-state index in [9.17, 15) is 4.79 Å². The number of hydrogen-bond donors (Lipinski definition) is 5. The van der Waals surface area contributed by atoms with Crippen LogP contribution in [0.25, 0.3) is 0 Å². The molecule has 0 heterocycles. The normalized spacial score (nSPS) is 11.2. The first-order valence-electron chi connectivity index (χ1n) is 12.1. The largest absolute Gasteiger partial charge is 0.455 e. The maximum Gasteiger partial charge on any atom is 0.243 e. The Kier molecular flexibility index (Phi) is 11.2. The molecule has 0 saturated heterocycles. The molecule has 39 heavy (non-hydrogen) atoms. The Bertz CT molecular complexity index is 1340. The topological polar surface area (TPSA) is 130 Å². The van der Waals surface area contributed by atoms with Gasteiger partial charge in [-0.05, 0) is 60.1 Å². The van der Waals surface area contributed by atoms with Crippen molar-refractivity contribution < 1.29 is 9.53 Å². The fourth-order valence-corrected chi connectivity index (χ4v) is 4.19. The highest BCUT2D eigenvalue weighted by Gasteiger charge is 2.13. The molecule has 3 rings (SSSR count). The fourth-order valence-electron chi connectivity index (χ4n) is 3.53. The number of carbonyl (C=O) groups is 1. The number of hydrazine groups is 1. The highest BCUT2D eigenvalue weighted by atomic mass is 35.5. The number of ether oxygens (including phenoxy) is 1. The number of nitrogens with two attached hydrogens (primary N) is 2. The molecule has 0 saturated carbocycles. The molecule has 1 amide bonds. The van der Waals surface area contributed by atoms with Gasteiger partial charge in [-0.2, -0.15) is 0 Å².